The van der Waals surface area contributed by atoms with Gasteiger partial charge in [0.2, 0.25) is 5.91 Å². The number of nitrogens with one attached hydrogen (secondary N) is 1. The van der Waals surface area contributed by atoms with E-state index in [1.165, 1.54) is 4.90 Å². The summed E-state index contributed by atoms with van der Waals surface area (Å²) in [4.78, 5) is 33.9. The monoisotopic (exact) mass is 245 g/mol. The number of nitrogens with two attached hydrogens (primary N) is 1. The van der Waals surface area contributed by atoms with Crippen molar-refractivity contribution in [2.24, 2.45) is 11.7 Å². The first kappa shape index (κ1) is 15.2. The molecule has 0 aliphatic carbocycles. The van der Waals surface area contributed by atoms with Gasteiger partial charge in [0.25, 0.3) is 0 Å². The van der Waals surface area contributed by atoms with E-state index in [1.807, 2.05) is 13.8 Å². The van der Waals surface area contributed by atoms with Crippen LogP contribution in [0.4, 0.5) is 4.79 Å². The lowest BCUT2D eigenvalue weighted by Gasteiger charge is -2.23. The minimum Gasteiger partial charge on any atom is -0.481 e. The van der Waals surface area contributed by atoms with E-state index in [0.717, 1.165) is 0 Å². The van der Waals surface area contributed by atoms with Gasteiger partial charge in [-0.1, -0.05) is 13.8 Å². The van der Waals surface area contributed by atoms with Crippen LogP contribution in [-0.4, -0.2) is 47.5 Å². The summed E-state index contributed by atoms with van der Waals surface area (Å²) in [6.45, 7) is 4.05. The molecule has 0 radical (unpaired) electrons. The van der Waals surface area contributed by atoms with Crippen molar-refractivity contribution < 1.29 is 19.5 Å². The van der Waals surface area contributed by atoms with Crippen molar-refractivity contribution >= 4 is 17.9 Å². The first-order valence-corrected chi connectivity index (χ1v) is 5.35. The minimum absolute atomic E-state index is 0.0293. The van der Waals surface area contributed by atoms with E-state index in [9.17, 15) is 14.4 Å². The summed E-state index contributed by atoms with van der Waals surface area (Å²) in [5.74, 6) is -1.39. The number of nitrogens with zero attached hydrogens (tertiary/aromatic N) is 1. The molecule has 98 valence electrons. The van der Waals surface area contributed by atoms with Crippen LogP contribution in [0.25, 0.3) is 0 Å². The van der Waals surface area contributed by atoms with Crippen LogP contribution in [0, 0.1) is 5.92 Å². The molecule has 0 atom stereocenters. The van der Waals surface area contributed by atoms with Crippen LogP contribution in [-0.2, 0) is 9.59 Å². The van der Waals surface area contributed by atoms with E-state index in [-0.39, 0.29) is 25.4 Å². The number of hydrogen-bond donors (Lipinski definition) is 3. The van der Waals surface area contributed by atoms with Crippen LogP contribution in [0.3, 0.4) is 0 Å². The van der Waals surface area contributed by atoms with Gasteiger partial charge >= 0.3 is 12.0 Å². The van der Waals surface area contributed by atoms with Gasteiger partial charge in [0.15, 0.2) is 0 Å². The van der Waals surface area contributed by atoms with Crippen molar-refractivity contribution in [3.05, 3.63) is 0 Å². The SMILES string of the molecule is CC(C)CN(CC(N)=O)C(=O)NCCC(=O)O. The Balaban J connectivity index is 4.21. The molecule has 3 amide bonds. The Bertz CT molecular complexity index is 291. The van der Waals surface area contributed by atoms with E-state index in [4.69, 9.17) is 10.8 Å². The second kappa shape index (κ2) is 7.48. The molecule has 0 fully saturated rings. The first-order chi connectivity index (χ1) is 7.82. The molecule has 0 aromatic carbocycles. The average molecular weight is 245 g/mol. The molecule has 0 aromatic rings. The number of amides is 3. The highest BCUT2D eigenvalue weighted by Crippen LogP contribution is 1.98. The van der Waals surface area contributed by atoms with Gasteiger partial charge in [-0.15, -0.1) is 0 Å². The van der Waals surface area contributed by atoms with Crippen molar-refractivity contribution in [2.45, 2.75) is 20.3 Å². The van der Waals surface area contributed by atoms with Gasteiger partial charge in [0, 0.05) is 13.1 Å². The molecule has 0 aromatic heterocycles. The zero-order valence-electron chi connectivity index (χ0n) is 10.1. The number of carbonyl (C=O) groups is 3. The molecule has 0 aliphatic rings. The third kappa shape index (κ3) is 8.06. The van der Waals surface area contributed by atoms with Crippen LogP contribution < -0.4 is 11.1 Å². The topological polar surface area (TPSA) is 113 Å². The highest BCUT2D eigenvalue weighted by molar-refractivity contribution is 5.83. The van der Waals surface area contributed by atoms with Gasteiger partial charge in [0.05, 0.1) is 6.42 Å². The maximum atomic E-state index is 11.6. The fourth-order valence-electron chi connectivity index (χ4n) is 1.24. The largest absolute Gasteiger partial charge is 0.481 e. The summed E-state index contributed by atoms with van der Waals surface area (Å²) in [6.07, 6.45) is -0.155. The lowest BCUT2D eigenvalue weighted by molar-refractivity contribution is -0.136. The zero-order chi connectivity index (χ0) is 13.4. The number of carboxylic acid groups (broad SMARTS) is 1. The van der Waals surface area contributed by atoms with Crippen molar-refractivity contribution in [1.29, 1.82) is 0 Å². The number of aliphatic carboxylic acids is 1. The summed E-state index contributed by atoms with van der Waals surface area (Å²) < 4.78 is 0. The number of urea groups is 1. The van der Waals surface area contributed by atoms with E-state index >= 15 is 0 Å². The summed E-state index contributed by atoms with van der Waals surface area (Å²) in [5.41, 5.74) is 5.03. The van der Waals surface area contributed by atoms with E-state index in [0.29, 0.717) is 6.54 Å². The summed E-state index contributed by atoms with van der Waals surface area (Å²) in [7, 11) is 0. The van der Waals surface area contributed by atoms with Gasteiger partial charge in [-0.2, -0.15) is 0 Å². The second-order valence-corrected chi connectivity index (χ2v) is 4.12. The van der Waals surface area contributed by atoms with E-state index in [2.05, 4.69) is 5.32 Å². The van der Waals surface area contributed by atoms with Crippen LogP contribution in [0.5, 0.6) is 0 Å². The third-order valence-electron chi connectivity index (χ3n) is 1.83. The van der Waals surface area contributed by atoms with Crippen LogP contribution in [0.15, 0.2) is 0 Å². The summed E-state index contributed by atoms with van der Waals surface area (Å²) in [5, 5.41) is 10.8. The summed E-state index contributed by atoms with van der Waals surface area (Å²) >= 11 is 0. The van der Waals surface area contributed by atoms with Gasteiger partial charge in [-0.25, -0.2) is 4.79 Å². The lowest BCUT2D eigenvalue weighted by atomic mass is 10.2. The molecule has 0 aliphatic heterocycles. The second-order valence-electron chi connectivity index (χ2n) is 4.12. The average Bonchev–Trinajstić information content (AvgIpc) is 2.14. The molecular formula is C10H19N3O4. The number of hydrogen-bond acceptors (Lipinski definition) is 3. The Labute approximate surface area is 100.0 Å². The molecule has 0 heterocycles. The minimum atomic E-state index is -0.990. The molecule has 0 saturated heterocycles. The quantitative estimate of drug-likeness (QED) is 0.567. The molecule has 4 N–H and O–H groups in total. The Morgan fingerprint density at radius 1 is 1.35 bits per heavy atom. The molecular weight excluding hydrogens is 226 g/mol. The molecule has 0 unspecified atom stereocenters. The fourth-order valence-corrected chi connectivity index (χ4v) is 1.24. The molecule has 17 heavy (non-hydrogen) atoms. The maximum Gasteiger partial charge on any atom is 0.317 e. The van der Waals surface area contributed by atoms with Crippen molar-refractivity contribution in [3.8, 4) is 0 Å². The molecule has 0 saturated carbocycles. The summed E-state index contributed by atoms with van der Waals surface area (Å²) in [6, 6.07) is -0.473. The van der Waals surface area contributed by atoms with Gasteiger partial charge in [-0.05, 0) is 5.92 Å². The Kier molecular flexibility index (Phi) is 6.69. The maximum absolute atomic E-state index is 11.6. The lowest BCUT2D eigenvalue weighted by Crippen LogP contribution is -2.46. The standard InChI is InChI=1S/C10H19N3O4/c1-7(2)5-13(6-8(11)14)10(17)12-4-3-9(15)16/h7H,3-6H2,1-2H3,(H2,11,14)(H,12,17)(H,15,16). The van der Waals surface area contributed by atoms with Crippen LogP contribution >= 0.6 is 0 Å². The molecule has 0 rings (SSSR count). The van der Waals surface area contributed by atoms with Crippen molar-refractivity contribution in [2.75, 3.05) is 19.6 Å². The van der Waals surface area contributed by atoms with E-state index < -0.39 is 17.9 Å². The third-order valence-corrected chi connectivity index (χ3v) is 1.83. The first-order valence-electron chi connectivity index (χ1n) is 5.35. The Morgan fingerprint density at radius 2 is 1.94 bits per heavy atom. The predicted octanol–water partition coefficient (Wildman–Crippen LogP) is -0.386. The molecule has 0 spiro atoms. The highest BCUT2D eigenvalue weighted by atomic mass is 16.4. The van der Waals surface area contributed by atoms with Gasteiger partial charge in [-0.3, -0.25) is 9.59 Å². The number of carboxylic acids is 1. The fraction of sp³-hybridized carbons (Fsp3) is 0.700. The van der Waals surface area contributed by atoms with Gasteiger partial charge < -0.3 is 21.1 Å². The smallest absolute Gasteiger partial charge is 0.317 e. The van der Waals surface area contributed by atoms with Gasteiger partial charge in [0.1, 0.15) is 6.54 Å². The Morgan fingerprint density at radius 3 is 2.35 bits per heavy atom. The molecule has 7 heteroatoms. The van der Waals surface area contributed by atoms with Crippen LogP contribution in [0.2, 0.25) is 0 Å². The highest BCUT2D eigenvalue weighted by Gasteiger charge is 2.16. The zero-order valence-corrected chi connectivity index (χ0v) is 10.1. The number of rotatable bonds is 7. The normalized spacial score (nSPS) is 10.1. The van der Waals surface area contributed by atoms with E-state index in [1.54, 1.807) is 0 Å². The number of primary amides is 1. The number of carbonyl (C=O) groups excluding carboxylic acids is 2. The molecule has 7 nitrogen and oxygen atoms in total. The van der Waals surface area contributed by atoms with Crippen molar-refractivity contribution in [1.82, 2.24) is 10.2 Å². The van der Waals surface area contributed by atoms with Crippen molar-refractivity contribution in [3.63, 3.8) is 0 Å². The predicted molar refractivity (Wildman–Crippen MR) is 61.3 cm³/mol. The Hall–Kier alpha value is -1.79. The molecule has 0 bridgehead atoms. The van der Waals surface area contributed by atoms with Crippen LogP contribution in [0.1, 0.15) is 20.3 Å².